The van der Waals surface area contributed by atoms with Crippen molar-refractivity contribution in [3.05, 3.63) is 23.6 Å². The van der Waals surface area contributed by atoms with Gasteiger partial charge in [0.1, 0.15) is 18.9 Å². The van der Waals surface area contributed by atoms with Crippen molar-refractivity contribution in [2.24, 2.45) is 22.7 Å². The van der Waals surface area contributed by atoms with Crippen LogP contribution in [0.4, 0.5) is 10.2 Å². The number of carbonyl (C=O) groups is 1. The number of nitrogens with two attached hydrogens (primary N) is 2. The van der Waals surface area contributed by atoms with Crippen LogP contribution in [0.1, 0.15) is 50.5 Å². The van der Waals surface area contributed by atoms with Gasteiger partial charge in [-0.05, 0) is 56.4 Å². The minimum absolute atomic E-state index is 0.227. The number of nitrogens with one attached hydrogen (secondary N) is 1. The molecule has 1 saturated heterocycles. The van der Waals surface area contributed by atoms with E-state index in [0.717, 1.165) is 25.7 Å². The number of esters is 1. The molecule has 1 saturated carbocycles. The van der Waals surface area contributed by atoms with E-state index in [4.69, 9.17) is 21.0 Å². The number of carbonyl (C=O) groups excluding carboxylic acids is 1. The van der Waals surface area contributed by atoms with Gasteiger partial charge in [0.15, 0.2) is 11.6 Å². The third kappa shape index (κ3) is 6.13. The molecule has 172 valence electrons. The lowest BCUT2D eigenvalue weighted by Gasteiger charge is -2.39. The average molecular weight is 456 g/mol. The van der Waals surface area contributed by atoms with E-state index >= 15 is 0 Å². The number of pyridine rings is 1. The van der Waals surface area contributed by atoms with E-state index in [2.05, 4.69) is 4.98 Å². The molecule has 0 atom stereocenters. The van der Waals surface area contributed by atoms with Crippen LogP contribution in [0.15, 0.2) is 12.3 Å². The maximum Gasteiger partial charge on any atom is 0.313 e. The number of sulfonamides is 1. The lowest BCUT2D eigenvalue weighted by molar-refractivity contribution is -0.143. The maximum absolute atomic E-state index is 14.9. The van der Waals surface area contributed by atoms with Crippen LogP contribution in [0.5, 0.6) is 0 Å². The fourth-order valence-electron chi connectivity index (χ4n) is 4.64. The molecule has 0 aromatic carbocycles. The number of rotatable bonds is 7. The normalized spacial score (nSPS) is 22.8. The van der Waals surface area contributed by atoms with E-state index in [-0.39, 0.29) is 30.2 Å². The first-order valence-corrected chi connectivity index (χ1v) is 12.1. The number of anilines is 1. The molecule has 11 heteroatoms. The quantitative estimate of drug-likeness (QED) is 0.321. The molecule has 0 bridgehead atoms. The second kappa shape index (κ2) is 9.90. The van der Waals surface area contributed by atoms with Gasteiger partial charge in [-0.2, -0.15) is 0 Å². The lowest BCUT2D eigenvalue weighted by Crippen LogP contribution is -2.39. The molecule has 2 fully saturated rings. The third-order valence-corrected chi connectivity index (χ3v) is 7.76. The van der Waals surface area contributed by atoms with E-state index in [1.807, 2.05) is 4.90 Å². The van der Waals surface area contributed by atoms with Gasteiger partial charge < -0.3 is 15.4 Å². The first-order valence-electron chi connectivity index (χ1n) is 10.5. The molecule has 31 heavy (non-hydrogen) atoms. The molecular formula is C20H30FN5O4S. The number of aromatic nitrogens is 1. The average Bonchev–Trinajstić information content (AvgIpc) is 2.72. The zero-order valence-electron chi connectivity index (χ0n) is 17.4. The SMILES string of the molecule is N=C(N)CC(=O)OCc1ccnc(N2CCC(C3CCC(S(N)(=O)=O)CC3)CC2)c1F. The fourth-order valence-corrected chi connectivity index (χ4v) is 5.57. The molecule has 0 unspecified atom stereocenters. The van der Waals surface area contributed by atoms with Crippen LogP contribution in [0.3, 0.4) is 0 Å². The van der Waals surface area contributed by atoms with Crippen LogP contribution in [-0.2, 0) is 26.2 Å². The standard InChI is InChI=1S/C20H30FN5O4S/c21-19-15(12-30-18(27)11-17(22)23)5-8-25-20(19)26-9-6-14(7-10-26)13-1-3-16(4-2-13)31(24,28)29/h5,8,13-14,16H,1-4,6-7,9-12H2,(H3,22,23)(H2,24,28,29). The van der Waals surface area contributed by atoms with Crippen LogP contribution in [0, 0.1) is 23.1 Å². The summed E-state index contributed by atoms with van der Waals surface area (Å²) in [7, 11) is -3.46. The van der Waals surface area contributed by atoms with Gasteiger partial charge in [-0.1, -0.05) is 0 Å². The molecule has 9 nitrogen and oxygen atoms in total. The molecule has 1 aliphatic heterocycles. The molecule has 0 radical (unpaired) electrons. The summed E-state index contributed by atoms with van der Waals surface area (Å²) in [4.78, 5) is 17.6. The van der Waals surface area contributed by atoms with Crippen molar-refractivity contribution in [2.45, 2.75) is 56.8 Å². The molecule has 0 amide bonds. The van der Waals surface area contributed by atoms with Crippen molar-refractivity contribution < 1.29 is 22.3 Å². The van der Waals surface area contributed by atoms with Gasteiger partial charge in [0.25, 0.3) is 0 Å². The molecule has 1 aliphatic carbocycles. The third-order valence-electron chi connectivity index (χ3n) is 6.36. The molecular weight excluding hydrogens is 425 g/mol. The summed E-state index contributed by atoms with van der Waals surface area (Å²) in [5.74, 6) is -0.284. The Morgan fingerprint density at radius 2 is 1.81 bits per heavy atom. The fraction of sp³-hybridized carbons (Fsp3) is 0.650. The zero-order valence-corrected chi connectivity index (χ0v) is 18.2. The first kappa shape index (κ1) is 23.4. The largest absolute Gasteiger partial charge is 0.460 e. The van der Waals surface area contributed by atoms with Crippen molar-refractivity contribution >= 4 is 27.6 Å². The van der Waals surface area contributed by atoms with Gasteiger partial charge in [0, 0.05) is 24.8 Å². The summed E-state index contributed by atoms with van der Waals surface area (Å²) in [5.41, 5.74) is 5.39. The predicted octanol–water partition coefficient (Wildman–Crippen LogP) is 1.65. The Balaban J connectivity index is 1.54. The predicted molar refractivity (Wildman–Crippen MR) is 114 cm³/mol. The minimum atomic E-state index is -3.46. The van der Waals surface area contributed by atoms with Gasteiger partial charge in [0.2, 0.25) is 10.0 Å². The summed E-state index contributed by atoms with van der Waals surface area (Å²) < 4.78 is 43.0. The molecule has 0 spiro atoms. The number of amidine groups is 1. The zero-order chi connectivity index (χ0) is 22.6. The summed E-state index contributed by atoms with van der Waals surface area (Å²) in [6.07, 6.45) is 5.90. The number of ether oxygens (including phenoxy) is 1. The Kier molecular flexibility index (Phi) is 7.47. The number of hydrogen-bond donors (Lipinski definition) is 3. The summed E-state index contributed by atoms with van der Waals surface area (Å²) in [6, 6.07) is 1.47. The highest BCUT2D eigenvalue weighted by Gasteiger charge is 2.34. The van der Waals surface area contributed by atoms with E-state index < -0.39 is 27.1 Å². The van der Waals surface area contributed by atoms with E-state index in [1.165, 1.54) is 12.3 Å². The Hall–Kier alpha value is -2.27. The minimum Gasteiger partial charge on any atom is -0.460 e. The van der Waals surface area contributed by atoms with Crippen LogP contribution in [-0.4, -0.2) is 43.5 Å². The van der Waals surface area contributed by atoms with E-state index in [9.17, 15) is 17.6 Å². The van der Waals surface area contributed by atoms with Gasteiger partial charge in [-0.25, -0.2) is 22.9 Å². The second-order valence-electron chi connectivity index (χ2n) is 8.42. The maximum atomic E-state index is 14.9. The van der Waals surface area contributed by atoms with Crippen molar-refractivity contribution in [1.82, 2.24) is 4.98 Å². The van der Waals surface area contributed by atoms with Crippen LogP contribution < -0.4 is 15.8 Å². The highest BCUT2D eigenvalue weighted by molar-refractivity contribution is 7.89. The van der Waals surface area contributed by atoms with Crippen molar-refractivity contribution in [3.63, 3.8) is 0 Å². The van der Waals surface area contributed by atoms with Gasteiger partial charge in [0.05, 0.1) is 5.25 Å². The lowest BCUT2D eigenvalue weighted by atomic mass is 9.75. The van der Waals surface area contributed by atoms with Gasteiger partial charge in [-0.3, -0.25) is 10.2 Å². The second-order valence-corrected chi connectivity index (χ2v) is 10.3. The van der Waals surface area contributed by atoms with Gasteiger partial charge >= 0.3 is 5.97 Å². The Labute approximate surface area is 181 Å². The number of halogens is 1. The monoisotopic (exact) mass is 455 g/mol. The number of primary sulfonamides is 1. The number of hydrogen-bond acceptors (Lipinski definition) is 7. The number of nitrogens with zero attached hydrogens (tertiary/aromatic N) is 2. The molecule has 3 rings (SSSR count). The molecule has 2 aliphatic rings. The van der Waals surface area contributed by atoms with Crippen molar-refractivity contribution in [1.29, 1.82) is 5.41 Å². The van der Waals surface area contributed by atoms with E-state index in [1.54, 1.807) is 0 Å². The molecule has 5 N–H and O–H groups in total. The topological polar surface area (TPSA) is 152 Å². The van der Waals surface area contributed by atoms with Crippen molar-refractivity contribution in [2.75, 3.05) is 18.0 Å². The highest BCUT2D eigenvalue weighted by Crippen LogP contribution is 2.38. The highest BCUT2D eigenvalue weighted by atomic mass is 32.2. The van der Waals surface area contributed by atoms with Crippen LogP contribution in [0.25, 0.3) is 0 Å². The summed E-state index contributed by atoms with van der Waals surface area (Å²) in [6.45, 7) is 1.09. The van der Waals surface area contributed by atoms with Crippen LogP contribution >= 0.6 is 0 Å². The van der Waals surface area contributed by atoms with E-state index in [0.29, 0.717) is 37.8 Å². The molecule has 1 aromatic rings. The summed E-state index contributed by atoms with van der Waals surface area (Å²) in [5, 5.41) is 12.0. The Morgan fingerprint density at radius 3 is 2.39 bits per heavy atom. The van der Waals surface area contributed by atoms with Crippen molar-refractivity contribution in [3.8, 4) is 0 Å². The van der Waals surface area contributed by atoms with Crippen LogP contribution in [0.2, 0.25) is 0 Å². The summed E-state index contributed by atoms with van der Waals surface area (Å²) >= 11 is 0. The van der Waals surface area contributed by atoms with Gasteiger partial charge in [-0.15, -0.1) is 0 Å². The number of piperidine rings is 1. The molecule has 1 aromatic heterocycles. The molecule has 2 heterocycles. The first-order chi connectivity index (χ1) is 14.6. The smallest absolute Gasteiger partial charge is 0.313 e. The Bertz CT molecular complexity index is 910. The Morgan fingerprint density at radius 1 is 1.19 bits per heavy atom.